The van der Waals surface area contributed by atoms with Crippen LogP contribution >= 0.6 is 0 Å². The fourth-order valence-electron chi connectivity index (χ4n) is 2.30. The van der Waals surface area contributed by atoms with Gasteiger partial charge in [0.05, 0.1) is 23.2 Å². The summed E-state index contributed by atoms with van der Waals surface area (Å²) in [4.78, 5) is 0.235. The Morgan fingerprint density at radius 2 is 1.63 bits per heavy atom. The highest BCUT2D eigenvalue weighted by Gasteiger charge is 2.35. The molecule has 0 bridgehead atoms. The van der Waals surface area contributed by atoms with Gasteiger partial charge in [-0.1, -0.05) is 36.4 Å². The highest BCUT2D eigenvalue weighted by atomic mass is 32.2. The highest BCUT2D eigenvalue weighted by Crippen LogP contribution is 2.37. The SMILES string of the molecule is O=S(=O)(c1ccccc1)N1C[C@H](O)c2ccccc21. The van der Waals surface area contributed by atoms with Gasteiger partial charge in [-0.3, -0.25) is 4.31 Å². The largest absolute Gasteiger partial charge is 0.386 e. The first-order chi connectivity index (χ1) is 9.10. The van der Waals surface area contributed by atoms with Crippen LogP contribution in [0.15, 0.2) is 59.5 Å². The number of sulfonamides is 1. The second-order valence-electron chi connectivity index (χ2n) is 4.42. The van der Waals surface area contributed by atoms with Crippen LogP contribution in [0.4, 0.5) is 5.69 Å². The maximum absolute atomic E-state index is 12.6. The van der Waals surface area contributed by atoms with Crippen molar-refractivity contribution in [1.82, 2.24) is 0 Å². The number of aliphatic hydroxyl groups excluding tert-OH is 1. The van der Waals surface area contributed by atoms with Crippen molar-refractivity contribution in [2.45, 2.75) is 11.0 Å². The summed E-state index contributed by atoms with van der Waals surface area (Å²) in [6.45, 7) is 0.0660. The standard InChI is InChI=1S/C14H13NO3S/c16-14-10-15(13-9-5-4-8-12(13)14)19(17,18)11-6-2-1-3-7-11/h1-9,14,16H,10H2/t14-/m0/s1. The lowest BCUT2D eigenvalue weighted by Gasteiger charge is -2.19. The summed E-state index contributed by atoms with van der Waals surface area (Å²) >= 11 is 0. The van der Waals surface area contributed by atoms with Gasteiger partial charge < -0.3 is 5.11 Å². The van der Waals surface area contributed by atoms with Gasteiger partial charge in [0.2, 0.25) is 0 Å². The summed E-state index contributed by atoms with van der Waals surface area (Å²) in [5.41, 5.74) is 1.21. The molecule has 1 N–H and O–H groups in total. The van der Waals surface area contributed by atoms with Crippen LogP contribution in [-0.2, 0) is 10.0 Å². The fraction of sp³-hybridized carbons (Fsp3) is 0.143. The molecule has 5 heteroatoms. The number of rotatable bonds is 2. The smallest absolute Gasteiger partial charge is 0.264 e. The van der Waals surface area contributed by atoms with Gasteiger partial charge in [-0.15, -0.1) is 0 Å². The molecule has 19 heavy (non-hydrogen) atoms. The van der Waals surface area contributed by atoms with Gasteiger partial charge in [0.15, 0.2) is 0 Å². The predicted octanol–water partition coefficient (Wildman–Crippen LogP) is 1.93. The number of nitrogens with zero attached hydrogens (tertiary/aromatic N) is 1. The van der Waals surface area contributed by atoms with Crippen molar-refractivity contribution in [2.75, 3.05) is 10.8 Å². The Morgan fingerprint density at radius 3 is 2.37 bits per heavy atom. The molecular formula is C14H13NO3S. The highest BCUT2D eigenvalue weighted by molar-refractivity contribution is 7.92. The summed E-state index contributed by atoms with van der Waals surface area (Å²) < 4.78 is 26.4. The molecule has 0 fully saturated rings. The van der Waals surface area contributed by atoms with Crippen LogP contribution in [0.3, 0.4) is 0 Å². The van der Waals surface area contributed by atoms with Crippen molar-refractivity contribution in [1.29, 1.82) is 0 Å². The van der Waals surface area contributed by atoms with Crippen LogP contribution in [0.5, 0.6) is 0 Å². The van der Waals surface area contributed by atoms with E-state index in [1.54, 1.807) is 54.6 Å². The molecule has 0 unspecified atom stereocenters. The van der Waals surface area contributed by atoms with Gasteiger partial charge in [-0.05, 0) is 18.2 Å². The van der Waals surface area contributed by atoms with E-state index in [0.29, 0.717) is 11.3 Å². The molecule has 4 nitrogen and oxygen atoms in total. The number of para-hydroxylation sites is 1. The zero-order valence-corrected chi connectivity index (χ0v) is 10.9. The van der Waals surface area contributed by atoms with Crippen molar-refractivity contribution in [2.24, 2.45) is 0 Å². The van der Waals surface area contributed by atoms with Crippen molar-refractivity contribution in [3.8, 4) is 0 Å². The van der Waals surface area contributed by atoms with Crippen LogP contribution in [-0.4, -0.2) is 20.1 Å². The molecule has 0 amide bonds. The van der Waals surface area contributed by atoms with Crippen molar-refractivity contribution in [3.05, 3.63) is 60.2 Å². The van der Waals surface area contributed by atoms with Gasteiger partial charge in [-0.25, -0.2) is 8.42 Å². The third-order valence-electron chi connectivity index (χ3n) is 3.23. The third-order valence-corrected chi connectivity index (χ3v) is 5.03. The van der Waals surface area contributed by atoms with E-state index in [0.717, 1.165) is 0 Å². The van der Waals surface area contributed by atoms with E-state index < -0.39 is 16.1 Å². The quantitative estimate of drug-likeness (QED) is 0.911. The first kappa shape index (κ1) is 12.2. The van der Waals surface area contributed by atoms with Crippen LogP contribution in [0.1, 0.15) is 11.7 Å². The van der Waals surface area contributed by atoms with Gasteiger partial charge in [0.1, 0.15) is 0 Å². The maximum Gasteiger partial charge on any atom is 0.264 e. The molecule has 1 aliphatic rings. The van der Waals surface area contributed by atoms with E-state index in [1.165, 1.54) is 4.31 Å². The molecule has 0 radical (unpaired) electrons. The summed E-state index contributed by atoms with van der Waals surface area (Å²) in [5, 5.41) is 9.96. The van der Waals surface area contributed by atoms with Crippen LogP contribution in [0.2, 0.25) is 0 Å². The molecule has 2 aromatic rings. The van der Waals surface area contributed by atoms with Crippen LogP contribution in [0.25, 0.3) is 0 Å². The van der Waals surface area contributed by atoms with Gasteiger partial charge in [-0.2, -0.15) is 0 Å². The number of aliphatic hydroxyl groups is 1. The number of hydrogen-bond acceptors (Lipinski definition) is 3. The lowest BCUT2D eigenvalue weighted by atomic mass is 10.1. The van der Waals surface area contributed by atoms with E-state index in [-0.39, 0.29) is 11.4 Å². The molecule has 3 rings (SSSR count). The van der Waals surface area contributed by atoms with Crippen LogP contribution in [0, 0.1) is 0 Å². The fourth-order valence-corrected chi connectivity index (χ4v) is 3.82. The summed E-state index contributed by atoms with van der Waals surface area (Å²) in [6, 6.07) is 15.3. The summed E-state index contributed by atoms with van der Waals surface area (Å²) in [5.74, 6) is 0. The molecule has 0 spiro atoms. The molecule has 0 saturated heterocycles. The molecule has 0 aliphatic carbocycles. The minimum absolute atomic E-state index is 0.0660. The first-order valence-electron chi connectivity index (χ1n) is 5.95. The second kappa shape index (κ2) is 4.36. The Balaban J connectivity index is 2.10. The Labute approximate surface area is 112 Å². The number of benzene rings is 2. The average Bonchev–Trinajstić information content (AvgIpc) is 2.79. The molecule has 98 valence electrons. The number of hydrogen-bond donors (Lipinski definition) is 1. The van der Waals surface area contributed by atoms with E-state index in [2.05, 4.69) is 0 Å². The number of anilines is 1. The number of fused-ring (bicyclic) bond motifs is 1. The molecule has 1 atom stereocenters. The van der Waals surface area contributed by atoms with Crippen LogP contribution < -0.4 is 4.31 Å². The Kier molecular flexibility index (Phi) is 2.80. The molecule has 0 saturated carbocycles. The Morgan fingerprint density at radius 1 is 1.00 bits per heavy atom. The second-order valence-corrected chi connectivity index (χ2v) is 6.29. The van der Waals surface area contributed by atoms with Gasteiger partial charge in [0, 0.05) is 5.56 Å². The average molecular weight is 275 g/mol. The normalized spacial score (nSPS) is 18.4. The predicted molar refractivity (Wildman–Crippen MR) is 72.4 cm³/mol. The number of β-amino-alcohol motifs (C(OH)–C–C–N with tert-alkyl or cyclic N) is 1. The Bertz CT molecular complexity index is 698. The molecular weight excluding hydrogens is 262 g/mol. The third kappa shape index (κ3) is 1.91. The van der Waals surface area contributed by atoms with Gasteiger partial charge >= 0.3 is 0 Å². The maximum atomic E-state index is 12.6. The van der Waals surface area contributed by atoms with Crippen molar-refractivity contribution in [3.63, 3.8) is 0 Å². The summed E-state index contributed by atoms with van der Waals surface area (Å²) in [6.07, 6.45) is -0.769. The minimum atomic E-state index is -3.61. The molecule has 2 aromatic carbocycles. The lowest BCUT2D eigenvalue weighted by molar-refractivity contribution is 0.197. The summed E-state index contributed by atoms with van der Waals surface area (Å²) in [7, 11) is -3.61. The monoisotopic (exact) mass is 275 g/mol. The topological polar surface area (TPSA) is 57.6 Å². The first-order valence-corrected chi connectivity index (χ1v) is 7.39. The van der Waals surface area contributed by atoms with Crippen molar-refractivity contribution < 1.29 is 13.5 Å². The van der Waals surface area contributed by atoms with Gasteiger partial charge in [0.25, 0.3) is 10.0 Å². The zero-order valence-electron chi connectivity index (χ0n) is 10.1. The van der Waals surface area contributed by atoms with E-state index in [4.69, 9.17) is 0 Å². The molecule has 1 heterocycles. The molecule has 1 aliphatic heterocycles. The Hall–Kier alpha value is -1.85. The zero-order chi connectivity index (χ0) is 13.5. The molecule has 0 aromatic heterocycles. The van der Waals surface area contributed by atoms with E-state index in [1.807, 2.05) is 0 Å². The minimum Gasteiger partial charge on any atom is -0.386 e. The van der Waals surface area contributed by atoms with E-state index >= 15 is 0 Å². The van der Waals surface area contributed by atoms with Crippen molar-refractivity contribution >= 4 is 15.7 Å². The lowest BCUT2D eigenvalue weighted by Crippen LogP contribution is -2.29. The van der Waals surface area contributed by atoms with E-state index in [9.17, 15) is 13.5 Å².